The molecule has 0 radical (unpaired) electrons. The van der Waals surface area contributed by atoms with E-state index in [-0.39, 0.29) is 24.0 Å². The van der Waals surface area contributed by atoms with Crippen LogP contribution in [0.5, 0.6) is 0 Å². The van der Waals surface area contributed by atoms with E-state index < -0.39 is 0 Å². The normalized spacial score (nSPS) is 15.5. The van der Waals surface area contributed by atoms with Crippen LogP contribution in [0, 0.1) is 19.8 Å². The van der Waals surface area contributed by atoms with E-state index in [1.54, 1.807) is 7.05 Å². The zero-order chi connectivity index (χ0) is 21.2. The van der Waals surface area contributed by atoms with E-state index in [1.165, 1.54) is 50.9 Å². The maximum Gasteiger partial charge on any atom is 0.214 e. The number of aryl methyl sites for hydroxylation is 2. The number of piperidine rings is 1. The van der Waals surface area contributed by atoms with Gasteiger partial charge >= 0.3 is 0 Å². The van der Waals surface area contributed by atoms with Crippen LogP contribution in [0.15, 0.2) is 39.7 Å². The summed E-state index contributed by atoms with van der Waals surface area (Å²) >= 11 is 0. The van der Waals surface area contributed by atoms with Crippen molar-refractivity contribution in [1.82, 2.24) is 20.5 Å². The zero-order valence-electron chi connectivity index (χ0n) is 19.2. The highest BCUT2D eigenvalue weighted by molar-refractivity contribution is 14.0. The molecule has 3 rings (SSSR count). The highest BCUT2D eigenvalue weighted by Gasteiger charge is 2.18. The predicted molar refractivity (Wildman–Crippen MR) is 138 cm³/mol. The molecule has 0 unspecified atom stereocenters. The average Bonchev–Trinajstić information content (AvgIpc) is 3.09. The summed E-state index contributed by atoms with van der Waals surface area (Å²) < 4.78 is 5.60. The van der Waals surface area contributed by atoms with Crippen LogP contribution in [-0.2, 0) is 13.0 Å². The molecule has 0 spiro atoms. The molecule has 1 aromatic carbocycles. The minimum absolute atomic E-state index is 0. The third-order valence-corrected chi connectivity index (χ3v) is 5.97. The molecule has 1 fully saturated rings. The summed E-state index contributed by atoms with van der Waals surface area (Å²) in [5, 5.41) is 6.65. The third-order valence-electron chi connectivity index (χ3n) is 5.97. The number of hydrogen-bond donors (Lipinski definition) is 2. The number of nitrogens with zero attached hydrogens (tertiary/aromatic N) is 3. The van der Waals surface area contributed by atoms with Crippen LogP contribution in [0.25, 0.3) is 0 Å². The van der Waals surface area contributed by atoms with E-state index in [1.807, 2.05) is 13.8 Å². The Labute approximate surface area is 204 Å². The smallest absolute Gasteiger partial charge is 0.214 e. The van der Waals surface area contributed by atoms with Gasteiger partial charge < -0.3 is 20.0 Å². The number of aromatic nitrogens is 1. The lowest BCUT2D eigenvalue weighted by atomic mass is 9.90. The van der Waals surface area contributed by atoms with Gasteiger partial charge in [-0.15, -0.1) is 24.0 Å². The summed E-state index contributed by atoms with van der Waals surface area (Å²) in [6.45, 7) is 9.04. The molecule has 0 amide bonds. The van der Waals surface area contributed by atoms with Crippen molar-refractivity contribution in [2.75, 3.05) is 33.2 Å². The number of guanidine groups is 1. The maximum absolute atomic E-state index is 5.60. The molecule has 7 heteroatoms. The summed E-state index contributed by atoms with van der Waals surface area (Å²) in [6.07, 6.45) is 6.23. The molecule has 31 heavy (non-hydrogen) atoms. The van der Waals surface area contributed by atoms with E-state index in [0.29, 0.717) is 12.4 Å². The molecule has 0 aliphatic carbocycles. The Morgan fingerprint density at radius 3 is 2.52 bits per heavy atom. The van der Waals surface area contributed by atoms with Gasteiger partial charge in [0, 0.05) is 13.6 Å². The maximum atomic E-state index is 5.60. The first-order chi connectivity index (χ1) is 14.6. The van der Waals surface area contributed by atoms with E-state index in [9.17, 15) is 0 Å². The van der Waals surface area contributed by atoms with E-state index in [4.69, 9.17) is 4.42 Å². The van der Waals surface area contributed by atoms with Crippen LogP contribution in [0.4, 0.5) is 0 Å². The number of hydrogen-bond acceptors (Lipinski definition) is 4. The van der Waals surface area contributed by atoms with Crippen LogP contribution in [0.2, 0.25) is 0 Å². The van der Waals surface area contributed by atoms with Gasteiger partial charge in [-0.25, -0.2) is 4.98 Å². The SMILES string of the molecule is CN=C(NCCCCN1CCC(Cc2ccccc2)CC1)NCc1nc(C)c(C)o1.I. The summed E-state index contributed by atoms with van der Waals surface area (Å²) in [4.78, 5) is 11.3. The number of unbranched alkanes of at least 4 members (excludes halogenated alkanes) is 1. The second kappa shape index (κ2) is 13.7. The van der Waals surface area contributed by atoms with Crippen LogP contribution in [0.1, 0.15) is 48.6 Å². The zero-order valence-corrected chi connectivity index (χ0v) is 21.5. The van der Waals surface area contributed by atoms with E-state index in [2.05, 4.69) is 55.8 Å². The van der Waals surface area contributed by atoms with Gasteiger partial charge in [-0.05, 0) is 77.1 Å². The molecule has 1 aliphatic heterocycles. The van der Waals surface area contributed by atoms with Crippen molar-refractivity contribution in [2.24, 2.45) is 10.9 Å². The second-order valence-electron chi connectivity index (χ2n) is 8.28. The minimum Gasteiger partial charge on any atom is -0.444 e. The minimum atomic E-state index is 0. The van der Waals surface area contributed by atoms with Crippen LogP contribution in [0.3, 0.4) is 0 Å². The van der Waals surface area contributed by atoms with Crippen molar-refractivity contribution in [3.63, 3.8) is 0 Å². The Balaban J connectivity index is 0.00000341. The van der Waals surface area contributed by atoms with Gasteiger partial charge in [0.2, 0.25) is 5.89 Å². The Morgan fingerprint density at radius 1 is 1.13 bits per heavy atom. The first-order valence-electron chi connectivity index (χ1n) is 11.3. The Morgan fingerprint density at radius 2 is 1.87 bits per heavy atom. The van der Waals surface area contributed by atoms with Crippen LogP contribution in [-0.4, -0.2) is 49.1 Å². The van der Waals surface area contributed by atoms with Crippen molar-refractivity contribution in [1.29, 1.82) is 0 Å². The second-order valence-corrected chi connectivity index (χ2v) is 8.28. The first-order valence-corrected chi connectivity index (χ1v) is 11.3. The largest absolute Gasteiger partial charge is 0.444 e. The molecule has 2 aromatic rings. The molecule has 6 nitrogen and oxygen atoms in total. The molecule has 1 aromatic heterocycles. The Bertz CT molecular complexity index is 765. The summed E-state index contributed by atoms with van der Waals surface area (Å²) in [5.41, 5.74) is 2.43. The van der Waals surface area contributed by atoms with Gasteiger partial charge in [0.05, 0.1) is 12.2 Å². The molecule has 0 saturated carbocycles. The fourth-order valence-electron chi connectivity index (χ4n) is 4.02. The quantitative estimate of drug-likeness (QED) is 0.215. The van der Waals surface area contributed by atoms with E-state index >= 15 is 0 Å². The highest BCUT2D eigenvalue weighted by atomic mass is 127. The van der Waals surface area contributed by atoms with E-state index in [0.717, 1.165) is 36.3 Å². The average molecular weight is 540 g/mol. The fraction of sp³-hybridized carbons (Fsp3) is 0.583. The molecule has 0 atom stereocenters. The lowest BCUT2D eigenvalue weighted by molar-refractivity contribution is 0.181. The van der Waals surface area contributed by atoms with Gasteiger partial charge in [-0.1, -0.05) is 30.3 Å². The number of aliphatic imine (C=N–C) groups is 1. The van der Waals surface area contributed by atoms with Crippen molar-refractivity contribution >= 4 is 29.9 Å². The molecule has 2 heterocycles. The summed E-state index contributed by atoms with van der Waals surface area (Å²) in [5.74, 6) is 3.21. The molecular formula is C24H38IN5O. The molecular weight excluding hydrogens is 501 g/mol. The lowest BCUT2D eigenvalue weighted by Crippen LogP contribution is -2.38. The van der Waals surface area contributed by atoms with Crippen LogP contribution >= 0.6 is 24.0 Å². The van der Waals surface area contributed by atoms with Gasteiger partial charge in [0.25, 0.3) is 0 Å². The predicted octanol–water partition coefficient (Wildman–Crippen LogP) is 4.31. The molecule has 2 N–H and O–H groups in total. The summed E-state index contributed by atoms with van der Waals surface area (Å²) in [6, 6.07) is 10.9. The number of nitrogens with one attached hydrogen (secondary N) is 2. The van der Waals surface area contributed by atoms with Crippen LogP contribution < -0.4 is 10.6 Å². The standard InChI is InChI=1S/C24H37N5O.HI/c1-19-20(2)30-23(28-19)18-27-24(25-3)26-13-7-8-14-29-15-11-22(12-16-29)17-21-9-5-4-6-10-21;/h4-6,9-10,22H,7-8,11-18H2,1-3H3,(H2,25,26,27);1H. The topological polar surface area (TPSA) is 65.7 Å². The highest BCUT2D eigenvalue weighted by Crippen LogP contribution is 2.21. The molecule has 172 valence electrons. The number of benzene rings is 1. The van der Waals surface area contributed by atoms with Crippen molar-refractivity contribution in [3.8, 4) is 0 Å². The number of halogens is 1. The fourth-order valence-corrected chi connectivity index (χ4v) is 4.02. The number of oxazole rings is 1. The van der Waals surface area contributed by atoms with Gasteiger partial charge in [-0.2, -0.15) is 0 Å². The monoisotopic (exact) mass is 539 g/mol. The number of rotatable bonds is 9. The van der Waals surface area contributed by atoms with Gasteiger partial charge in [-0.3, -0.25) is 4.99 Å². The molecule has 1 aliphatic rings. The van der Waals surface area contributed by atoms with Crippen molar-refractivity contribution in [3.05, 3.63) is 53.2 Å². The van der Waals surface area contributed by atoms with Crippen molar-refractivity contribution < 1.29 is 4.42 Å². The Kier molecular flexibility index (Phi) is 11.4. The molecule has 1 saturated heterocycles. The van der Waals surface area contributed by atoms with Crippen molar-refractivity contribution in [2.45, 2.75) is 52.5 Å². The van der Waals surface area contributed by atoms with Gasteiger partial charge in [0.15, 0.2) is 5.96 Å². The lowest BCUT2D eigenvalue weighted by Gasteiger charge is -2.32. The first kappa shape index (κ1) is 25.6. The third kappa shape index (κ3) is 8.80. The summed E-state index contributed by atoms with van der Waals surface area (Å²) in [7, 11) is 1.79. The van der Waals surface area contributed by atoms with Gasteiger partial charge in [0.1, 0.15) is 5.76 Å². The molecule has 0 bridgehead atoms. The Hall–Kier alpha value is -1.61. The number of likely N-dealkylation sites (tertiary alicyclic amines) is 1.